The van der Waals surface area contributed by atoms with Crippen molar-refractivity contribution in [2.24, 2.45) is 5.10 Å². The number of para-hydroxylation sites is 4. The molecule has 0 spiro atoms. The highest BCUT2D eigenvalue weighted by molar-refractivity contribution is 7.71. The van der Waals surface area contributed by atoms with Crippen molar-refractivity contribution in [2.45, 2.75) is 19.3 Å². The van der Waals surface area contributed by atoms with Crippen molar-refractivity contribution in [3.05, 3.63) is 69.2 Å². The fourth-order valence-electron chi connectivity index (χ4n) is 3.92. The molecule has 1 aliphatic rings. The third-order valence-corrected chi connectivity index (χ3v) is 5.97. The van der Waals surface area contributed by atoms with Crippen molar-refractivity contribution in [1.82, 2.24) is 14.1 Å². The zero-order chi connectivity index (χ0) is 23.4. The molecular weight excluding hydrogens is 440 g/mol. The van der Waals surface area contributed by atoms with E-state index in [1.165, 1.54) is 29.6 Å². The van der Waals surface area contributed by atoms with Gasteiger partial charge in [-0.2, -0.15) is 5.10 Å². The maximum Gasteiger partial charge on any atom is 0.271 e. The molecule has 0 bridgehead atoms. The Bertz CT molecular complexity index is 1290. The summed E-state index contributed by atoms with van der Waals surface area (Å²) in [5, 5.41) is 17.6. The summed E-state index contributed by atoms with van der Waals surface area (Å²) in [5.74, 6) is 0.663. The first-order chi connectivity index (χ1) is 16.1. The van der Waals surface area contributed by atoms with Gasteiger partial charge >= 0.3 is 0 Å². The molecule has 0 atom stereocenters. The van der Waals surface area contributed by atoms with Gasteiger partial charge in [0.1, 0.15) is 17.1 Å². The van der Waals surface area contributed by atoms with Crippen molar-refractivity contribution in [3.63, 3.8) is 0 Å². The zero-order valence-electron chi connectivity index (χ0n) is 18.6. The summed E-state index contributed by atoms with van der Waals surface area (Å²) in [5.41, 5.74) is 0.491. The van der Waals surface area contributed by atoms with Crippen LogP contribution in [0.2, 0.25) is 0 Å². The quantitative estimate of drug-likeness (QED) is 0.438. The number of hydrogen-bond acceptors (Lipinski definition) is 7. The van der Waals surface area contributed by atoms with Crippen molar-refractivity contribution in [3.8, 4) is 28.8 Å². The van der Waals surface area contributed by atoms with Crippen LogP contribution in [0.25, 0.3) is 11.4 Å². The summed E-state index contributed by atoms with van der Waals surface area (Å²) in [6, 6.07) is 14.2. The standard InChI is InChI=1S/C24H26N4O4S/c1-31-20-12-6-4-10-18(20)27-22(29)17(16-25-26-14-8-3-9-15-26)23(30)28(24(27)33)19-11-5-7-13-21(19)32-2/h4-7,10-13,16,29H,3,8-9,14-15H2,1-2H3/b25-16+. The fourth-order valence-corrected chi connectivity index (χ4v) is 4.28. The molecule has 0 radical (unpaired) electrons. The Morgan fingerprint density at radius 1 is 0.909 bits per heavy atom. The number of benzene rings is 2. The van der Waals surface area contributed by atoms with Crippen LogP contribution in [0.1, 0.15) is 24.8 Å². The SMILES string of the molecule is COc1ccccc1-n1c(O)c(/C=N/N2CCCCC2)c(=O)n(-c2ccccc2OC)c1=S. The summed E-state index contributed by atoms with van der Waals surface area (Å²) in [4.78, 5) is 13.6. The number of methoxy groups -OCH3 is 2. The third-order valence-electron chi connectivity index (χ3n) is 5.60. The lowest BCUT2D eigenvalue weighted by Gasteiger charge is -2.23. The molecule has 4 rings (SSSR count). The van der Waals surface area contributed by atoms with Gasteiger partial charge in [0.25, 0.3) is 5.56 Å². The average Bonchev–Trinajstić information content (AvgIpc) is 2.85. The third kappa shape index (κ3) is 4.36. The summed E-state index contributed by atoms with van der Waals surface area (Å²) >= 11 is 5.71. The minimum Gasteiger partial charge on any atom is -0.495 e. The topological polar surface area (TPSA) is 81.2 Å². The molecule has 8 nitrogen and oxygen atoms in total. The second kappa shape index (κ2) is 9.91. The Morgan fingerprint density at radius 3 is 2.03 bits per heavy atom. The first-order valence-electron chi connectivity index (χ1n) is 10.7. The number of aromatic nitrogens is 2. The first kappa shape index (κ1) is 22.6. The average molecular weight is 467 g/mol. The van der Waals surface area contributed by atoms with Crippen LogP contribution >= 0.6 is 12.2 Å². The maximum absolute atomic E-state index is 13.6. The van der Waals surface area contributed by atoms with Crippen LogP contribution in [0.5, 0.6) is 17.4 Å². The van der Waals surface area contributed by atoms with Crippen LogP contribution in [0.3, 0.4) is 0 Å². The van der Waals surface area contributed by atoms with Crippen LogP contribution in [0.4, 0.5) is 0 Å². The molecular formula is C24H26N4O4S. The van der Waals surface area contributed by atoms with Gasteiger partial charge in [-0.25, -0.2) is 4.57 Å². The molecule has 0 amide bonds. The minimum atomic E-state index is -0.492. The summed E-state index contributed by atoms with van der Waals surface area (Å²) < 4.78 is 13.8. The van der Waals surface area contributed by atoms with Crippen LogP contribution < -0.4 is 15.0 Å². The Morgan fingerprint density at radius 2 is 1.45 bits per heavy atom. The molecule has 1 saturated heterocycles. The van der Waals surface area contributed by atoms with Crippen molar-refractivity contribution < 1.29 is 14.6 Å². The van der Waals surface area contributed by atoms with E-state index in [1.807, 2.05) is 17.1 Å². The molecule has 172 valence electrons. The highest BCUT2D eigenvalue weighted by Gasteiger charge is 2.21. The number of hydrazone groups is 1. The second-order valence-corrected chi connectivity index (χ2v) is 7.96. The van der Waals surface area contributed by atoms with E-state index in [1.54, 1.807) is 36.4 Å². The normalized spacial score (nSPS) is 13.9. The predicted octanol–water partition coefficient (Wildman–Crippen LogP) is 3.90. The van der Waals surface area contributed by atoms with Gasteiger partial charge in [0, 0.05) is 13.1 Å². The number of hydrogen-bond donors (Lipinski definition) is 1. The van der Waals surface area contributed by atoms with Gasteiger partial charge in [-0.05, 0) is 55.7 Å². The molecule has 9 heteroatoms. The van der Waals surface area contributed by atoms with Crippen molar-refractivity contribution >= 4 is 18.4 Å². The highest BCUT2D eigenvalue weighted by atomic mass is 32.1. The monoisotopic (exact) mass is 466 g/mol. The maximum atomic E-state index is 13.6. The van der Waals surface area contributed by atoms with Gasteiger partial charge in [0.2, 0.25) is 5.88 Å². The van der Waals surface area contributed by atoms with E-state index in [2.05, 4.69) is 5.10 Å². The Balaban J connectivity index is 2.02. The molecule has 1 fully saturated rings. The molecule has 3 aromatic rings. The Hall–Kier alpha value is -3.59. The summed E-state index contributed by atoms with van der Waals surface area (Å²) in [7, 11) is 3.06. The van der Waals surface area contributed by atoms with Crippen molar-refractivity contribution in [1.29, 1.82) is 0 Å². The van der Waals surface area contributed by atoms with Crippen LogP contribution in [-0.4, -0.2) is 52.8 Å². The van der Waals surface area contributed by atoms with Gasteiger partial charge in [-0.15, -0.1) is 0 Å². The zero-order valence-corrected chi connectivity index (χ0v) is 19.4. The van der Waals surface area contributed by atoms with E-state index >= 15 is 0 Å². The van der Waals surface area contributed by atoms with E-state index < -0.39 is 5.56 Å². The summed E-state index contributed by atoms with van der Waals surface area (Å²) in [6.45, 7) is 1.62. The molecule has 33 heavy (non-hydrogen) atoms. The van der Waals surface area contributed by atoms with Crippen LogP contribution in [0.15, 0.2) is 58.4 Å². The molecule has 0 aliphatic carbocycles. The largest absolute Gasteiger partial charge is 0.495 e. The number of aromatic hydroxyl groups is 1. The smallest absolute Gasteiger partial charge is 0.271 e. The second-order valence-electron chi connectivity index (χ2n) is 7.60. The molecule has 1 aromatic heterocycles. The molecule has 1 N–H and O–H groups in total. The molecule has 2 heterocycles. The number of nitrogens with zero attached hydrogens (tertiary/aromatic N) is 4. The molecule has 2 aromatic carbocycles. The molecule has 0 unspecified atom stereocenters. The molecule has 0 saturated carbocycles. The van der Waals surface area contributed by atoms with E-state index in [-0.39, 0.29) is 16.2 Å². The number of rotatable bonds is 6. The Kier molecular flexibility index (Phi) is 6.79. The van der Waals surface area contributed by atoms with Gasteiger partial charge in [-0.1, -0.05) is 24.3 Å². The van der Waals surface area contributed by atoms with E-state index in [9.17, 15) is 9.90 Å². The lowest BCUT2D eigenvalue weighted by atomic mass is 10.2. The summed E-state index contributed by atoms with van der Waals surface area (Å²) in [6.07, 6.45) is 4.66. The number of piperidine rings is 1. The first-order valence-corrected chi connectivity index (χ1v) is 11.1. The van der Waals surface area contributed by atoms with Gasteiger partial charge in [0.05, 0.1) is 31.8 Å². The van der Waals surface area contributed by atoms with E-state index in [0.29, 0.717) is 22.9 Å². The fraction of sp³-hybridized carbons (Fsp3) is 0.292. The van der Waals surface area contributed by atoms with Crippen LogP contribution in [-0.2, 0) is 0 Å². The van der Waals surface area contributed by atoms with E-state index in [0.717, 1.165) is 32.4 Å². The minimum absolute atomic E-state index is 0.0194. The number of ether oxygens (including phenoxy) is 2. The lowest BCUT2D eigenvalue weighted by molar-refractivity contribution is 0.240. The van der Waals surface area contributed by atoms with E-state index in [4.69, 9.17) is 21.7 Å². The highest BCUT2D eigenvalue weighted by Crippen LogP contribution is 2.30. The van der Waals surface area contributed by atoms with Crippen LogP contribution in [0, 0.1) is 4.77 Å². The van der Waals surface area contributed by atoms with Gasteiger partial charge in [-0.3, -0.25) is 14.4 Å². The van der Waals surface area contributed by atoms with Crippen molar-refractivity contribution in [2.75, 3.05) is 27.3 Å². The van der Waals surface area contributed by atoms with Gasteiger partial charge < -0.3 is 14.6 Å². The lowest BCUT2D eigenvalue weighted by Crippen LogP contribution is -2.29. The van der Waals surface area contributed by atoms with Gasteiger partial charge in [0.15, 0.2) is 4.77 Å². The molecule has 1 aliphatic heterocycles. The Labute approximate surface area is 196 Å². The predicted molar refractivity (Wildman–Crippen MR) is 130 cm³/mol.